The summed E-state index contributed by atoms with van der Waals surface area (Å²) in [4.78, 5) is 0. The van der Waals surface area contributed by atoms with Crippen LogP contribution in [-0.2, 0) is 6.18 Å². The van der Waals surface area contributed by atoms with Crippen LogP contribution >= 0.6 is 0 Å². The van der Waals surface area contributed by atoms with E-state index in [2.05, 4.69) is 0 Å². The van der Waals surface area contributed by atoms with Crippen molar-refractivity contribution in [3.8, 4) is 5.69 Å². The largest absolute Gasteiger partial charge is 0.416 e. The van der Waals surface area contributed by atoms with Crippen LogP contribution in [0.25, 0.3) is 27.5 Å². The van der Waals surface area contributed by atoms with E-state index in [4.69, 9.17) is 0 Å². The molecule has 3 aromatic carbocycles. The summed E-state index contributed by atoms with van der Waals surface area (Å²) in [5.74, 6) is 0. The number of para-hydroxylation sites is 2. The van der Waals surface area contributed by atoms with Gasteiger partial charge in [-0.3, -0.25) is 0 Å². The molecule has 0 bridgehead atoms. The zero-order chi connectivity index (χ0) is 16.0. The predicted molar refractivity (Wildman–Crippen MR) is 85.8 cm³/mol. The maximum atomic E-state index is 13.0. The molecular formula is C19H12F3N. The highest BCUT2D eigenvalue weighted by atomic mass is 19.4. The lowest BCUT2D eigenvalue weighted by Crippen LogP contribution is -2.04. The second-order valence-corrected chi connectivity index (χ2v) is 5.42. The molecule has 0 radical (unpaired) electrons. The summed E-state index contributed by atoms with van der Waals surface area (Å²) in [5, 5.41) is 1.43. The van der Waals surface area contributed by atoms with Crippen molar-refractivity contribution in [2.75, 3.05) is 0 Å². The summed E-state index contributed by atoms with van der Waals surface area (Å²) in [6, 6.07) is 21.1. The number of fused-ring (bicyclic) bond motifs is 3. The molecule has 114 valence electrons. The topological polar surface area (TPSA) is 4.93 Å². The van der Waals surface area contributed by atoms with Crippen LogP contribution in [0.2, 0.25) is 0 Å². The van der Waals surface area contributed by atoms with Crippen molar-refractivity contribution in [1.82, 2.24) is 4.57 Å². The molecule has 0 spiro atoms. The summed E-state index contributed by atoms with van der Waals surface area (Å²) in [7, 11) is 0. The van der Waals surface area contributed by atoms with Crippen LogP contribution in [0.15, 0.2) is 72.8 Å². The van der Waals surface area contributed by atoms with E-state index in [0.29, 0.717) is 5.39 Å². The monoisotopic (exact) mass is 311 g/mol. The van der Waals surface area contributed by atoms with Gasteiger partial charge in [-0.25, -0.2) is 0 Å². The fourth-order valence-electron chi connectivity index (χ4n) is 3.00. The molecule has 4 aromatic rings. The van der Waals surface area contributed by atoms with Gasteiger partial charge >= 0.3 is 6.18 Å². The Balaban J connectivity index is 2.13. The highest BCUT2D eigenvalue weighted by molar-refractivity contribution is 6.09. The first-order chi connectivity index (χ1) is 11.1. The Hall–Kier alpha value is -2.75. The summed E-state index contributed by atoms with van der Waals surface area (Å²) < 4.78 is 41.1. The van der Waals surface area contributed by atoms with E-state index in [1.807, 2.05) is 59.2 Å². The molecule has 0 fully saturated rings. The van der Waals surface area contributed by atoms with Gasteiger partial charge in [0.1, 0.15) is 0 Å². The highest BCUT2D eigenvalue weighted by Gasteiger charge is 2.31. The number of halogens is 3. The molecule has 4 rings (SSSR count). The number of rotatable bonds is 1. The minimum Gasteiger partial charge on any atom is -0.309 e. The van der Waals surface area contributed by atoms with Crippen molar-refractivity contribution in [3.05, 3.63) is 78.4 Å². The first-order valence-corrected chi connectivity index (χ1v) is 7.21. The zero-order valence-corrected chi connectivity index (χ0v) is 12.0. The van der Waals surface area contributed by atoms with Crippen molar-refractivity contribution >= 4 is 21.8 Å². The zero-order valence-electron chi connectivity index (χ0n) is 12.0. The molecule has 0 saturated heterocycles. The average Bonchev–Trinajstić information content (AvgIpc) is 2.88. The first kappa shape index (κ1) is 13.9. The fourth-order valence-corrected chi connectivity index (χ4v) is 3.00. The number of hydrogen-bond acceptors (Lipinski definition) is 0. The van der Waals surface area contributed by atoms with Crippen molar-refractivity contribution in [3.63, 3.8) is 0 Å². The third-order valence-corrected chi connectivity index (χ3v) is 4.01. The molecule has 4 heteroatoms. The smallest absolute Gasteiger partial charge is 0.309 e. The van der Waals surface area contributed by atoms with Gasteiger partial charge in [0, 0.05) is 16.5 Å². The van der Waals surface area contributed by atoms with E-state index in [0.717, 1.165) is 28.2 Å². The average molecular weight is 311 g/mol. The van der Waals surface area contributed by atoms with Gasteiger partial charge in [-0.2, -0.15) is 13.2 Å². The number of alkyl halides is 3. The van der Waals surface area contributed by atoms with E-state index >= 15 is 0 Å². The van der Waals surface area contributed by atoms with Gasteiger partial charge in [0.05, 0.1) is 16.6 Å². The maximum Gasteiger partial charge on any atom is 0.416 e. The molecule has 0 aliphatic carbocycles. The van der Waals surface area contributed by atoms with Crippen molar-refractivity contribution < 1.29 is 13.2 Å². The standard InChI is InChI=1S/C19H12F3N/c20-19(21,22)13-10-11-18-16(12-13)15-8-4-5-9-17(15)23(18)14-6-2-1-3-7-14/h1-12H. The summed E-state index contributed by atoms with van der Waals surface area (Å²) in [5.41, 5.74) is 1.97. The Labute approximate surface area is 130 Å². The Morgan fingerprint density at radius 3 is 2.04 bits per heavy atom. The van der Waals surface area contributed by atoms with E-state index in [-0.39, 0.29) is 0 Å². The van der Waals surface area contributed by atoms with Gasteiger partial charge < -0.3 is 4.57 Å². The highest BCUT2D eigenvalue weighted by Crippen LogP contribution is 2.36. The van der Waals surface area contributed by atoms with E-state index in [1.54, 1.807) is 6.07 Å². The first-order valence-electron chi connectivity index (χ1n) is 7.21. The van der Waals surface area contributed by atoms with Gasteiger partial charge in [-0.15, -0.1) is 0 Å². The van der Waals surface area contributed by atoms with Crippen LogP contribution < -0.4 is 0 Å². The molecule has 1 heterocycles. The third-order valence-electron chi connectivity index (χ3n) is 4.01. The Morgan fingerprint density at radius 2 is 1.30 bits per heavy atom. The van der Waals surface area contributed by atoms with E-state index < -0.39 is 11.7 Å². The number of hydrogen-bond donors (Lipinski definition) is 0. The minimum atomic E-state index is -4.34. The molecule has 0 N–H and O–H groups in total. The van der Waals surface area contributed by atoms with Gasteiger partial charge in [-0.05, 0) is 36.4 Å². The van der Waals surface area contributed by atoms with Crippen molar-refractivity contribution in [2.45, 2.75) is 6.18 Å². The third kappa shape index (κ3) is 2.18. The fraction of sp³-hybridized carbons (Fsp3) is 0.0526. The molecule has 0 aliphatic heterocycles. The number of benzene rings is 3. The van der Waals surface area contributed by atoms with Gasteiger partial charge in [0.2, 0.25) is 0 Å². The lowest BCUT2D eigenvalue weighted by atomic mass is 10.1. The van der Waals surface area contributed by atoms with Crippen LogP contribution in [0.4, 0.5) is 13.2 Å². The number of nitrogens with zero attached hydrogens (tertiary/aromatic N) is 1. The SMILES string of the molecule is FC(F)(F)c1ccc2c(c1)c1ccccc1n2-c1ccccc1. The quantitative estimate of drug-likeness (QED) is 0.418. The molecule has 0 amide bonds. The van der Waals surface area contributed by atoms with Crippen LogP contribution in [0.1, 0.15) is 5.56 Å². The van der Waals surface area contributed by atoms with Gasteiger partial charge in [0.25, 0.3) is 0 Å². The maximum absolute atomic E-state index is 13.0. The minimum absolute atomic E-state index is 0.610. The molecule has 0 unspecified atom stereocenters. The van der Waals surface area contributed by atoms with Gasteiger partial charge in [0.15, 0.2) is 0 Å². The van der Waals surface area contributed by atoms with E-state index in [9.17, 15) is 13.2 Å². The molecule has 0 atom stereocenters. The predicted octanol–water partition coefficient (Wildman–Crippen LogP) is 5.80. The molecule has 0 aliphatic rings. The molecule has 23 heavy (non-hydrogen) atoms. The van der Waals surface area contributed by atoms with Crippen LogP contribution in [0.5, 0.6) is 0 Å². The van der Waals surface area contributed by atoms with Crippen LogP contribution in [0.3, 0.4) is 0 Å². The molecule has 1 nitrogen and oxygen atoms in total. The van der Waals surface area contributed by atoms with Crippen LogP contribution in [0, 0.1) is 0 Å². The molecule has 1 aromatic heterocycles. The summed E-state index contributed by atoms with van der Waals surface area (Å²) in [6.45, 7) is 0. The number of aromatic nitrogens is 1. The Kier molecular flexibility index (Phi) is 2.94. The van der Waals surface area contributed by atoms with Gasteiger partial charge in [-0.1, -0.05) is 36.4 Å². The van der Waals surface area contributed by atoms with Crippen LogP contribution in [-0.4, -0.2) is 4.57 Å². The Bertz CT molecular complexity index is 998. The second-order valence-electron chi connectivity index (χ2n) is 5.42. The van der Waals surface area contributed by atoms with Crippen molar-refractivity contribution in [1.29, 1.82) is 0 Å². The molecule has 0 saturated carbocycles. The normalized spacial score (nSPS) is 12.1. The lowest BCUT2D eigenvalue weighted by molar-refractivity contribution is -0.137. The lowest BCUT2D eigenvalue weighted by Gasteiger charge is -2.09. The Morgan fingerprint density at radius 1 is 0.652 bits per heavy atom. The molecular weight excluding hydrogens is 299 g/mol. The summed E-state index contributed by atoms with van der Waals surface area (Å²) in [6.07, 6.45) is -4.34. The van der Waals surface area contributed by atoms with E-state index in [1.165, 1.54) is 6.07 Å². The summed E-state index contributed by atoms with van der Waals surface area (Å²) >= 11 is 0. The second kappa shape index (κ2) is 4.88. The van der Waals surface area contributed by atoms with Crippen molar-refractivity contribution in [2.24, 2.45) is 0 Å².